The summed E-state index contributed by atoms with van der Waals surface area (Å²) in [7, 11) is 4.08. The van der Waals surface area contributed by atoms with Crippen molar-refractivity contribution in [1.29, 1.82) is 0 Å². The van der Waals surface area contributed by atoms with Gasteiger partial charge in [-0.05, 0) is 33.4 Å². The minimum atomic E-state index is -0.108. The van der Waals surface area contributed by atoms with E-state index in [1.807, 2.05) is 26.4 Å². The molecule has 0 aliphatic carbocycles. The summed E-state index contributed by atoms with van der Waals surface area (Å²) in [5, 5.41) is 2.51. The van der Waals surface area contributed by atoms with Crippen LogP contribution in [0.15, 0.2) is 15.2 Å². The van der Waals surface area contributed by atoms with Gasteiger partial charge >= 0.3 is 0 Å². The van der Waals surface area contributed by atoms with Gasteiger partial charge in [0.15, 0.2) is 5.96 Å². The monoisotopic (exact) mass is 531 g/mol. The molecular formula is C18H32Cl3N7OS2. The molecule has 0 aromatic carbocycles. The number of thiazole rings is 1. The molecule has 0 amide bonds. The van der Waals surface area contributed by atoms with Crippen molar-refractivity contribution in [2.75, 3.05) is 26.4 Å². The first kappa shape index (κ1) is 32.1. The lowest BCUT2D eigenvalue weighted by Gasteiger charge is -2.17. The zero-order valence-corrected chi connectivity index (χ0v) is 22.2. The number of hydrogen-bond acceptors (Lipinski definition) is 7. The van der Waals surface area contributed by atoms with E-state index in [0.717, 1.165) is 47.2 Å². The summed E-state index contributed by atoms with van der Waals surface area (Å²) < 4.78 is 0. The van der Waals surface area contributed by atoms with Crippen LogP contribution in [0.25, 0.3) is 0 Å². The third-order valence-corrected chi connectivity index (χ3v) is 5.78. The Kier molecular flexibility index (Phi) is 16.3. The molecule has 2 rings (SSSR count). The number of nitrogens with two attached hydrogens (primary N) is 2. The number of nitrogens with zero attached hydrogens (tertiary/aromatic N) is 4. The van der Waals surface area contributed by atoms with Gasteiger partial charge in [0.05, 0.1) is 5.69 Å². The second kappa shape index (κ2) is 15.7. The van der Waals surface area contributed by atoms with Crippen LogP contribution >= 0.6 is 60.3 Å². The van der Waals surface area contributed by atoms with Gasteiger partial charge in [0.1, 0.15) is 5.82 Å². The van der Waals surface area contributed by atoms with E-state index in [1.165, 1.54) is 11.3 Å². The van der Waals surface area contributed by atoms with Gasteiger partial charge in [-0.25, -0.2) is 4.98 Å². The highest BCUT2D eigenvalue weighted by molar-refractivity contribution is 7.98. The van der Waals surface area contributed by atoms with Crippen molar-refractivity contribution in [3.8, 4) is 0 Å². The van der Waals surface area contributed by atoms with Crippen molar-refractivity contribution in [1.82, 2.24) is 19.9 Å². The molecule has 0 radical (unpaired) electrons. The van der Waals surface area contributed by atoms with Crippen molar-refractivity contribution in [2.24, 2.45) is 22.4 Å². The van der Waals surface area contributed by atoms with Crippen molar-refractivity contribution >= 4 is 71.4 Å². The molecule has 2 heterocycles. The van der Waals surface area contributed by atoms with E-state index in [2.05, 4.69) is 31.8 Å². The van der Waals surface area contributed by atoms with Gasteiger partial charge in [0, 0.05) is 41.1 Å². The van der Waals surface area contributed by atoms with Crippen LogP contribution in [-0.4, -0.2) is 52.2 Å². The molecule has 1 unspecified atom stereocenters. The normalized spacial score (nSPS) is 11.1. The lowest BCUT2D eigenvalue weighted by molar-refractivity contribution is 0.337. The molecule has 2 aromatic heterocycles. The number of aromatic nitrogens is 3. The highest BCUT2D eigenvalue weighted by Gasteiger charge is 2.13. The second-order valence-electron chi connectivity index (χ2n) is 7.12. The van der Waals surface area contributed by atoms with Crippen LogP contribution in [0, 0.1) is 12.8 Å². The Morgan fingerprint density at radius 3 is 2.55 bits per heavy atom. The number of thioether (sulfide) groups is 1. The molecule has 0 bridgehead atoms. The minimum absolute atomic E-state index is 0. The summed E-state index contributed by atoms with van der Waals surface area (Å²) in [5.74, 6) is 2.75. The molecule has 8 nitrogen and oxygen atoms in total. The molecule has 13 heteroatoms. The van der Waals surface area contributed by atoms with Crippen LogP contribution in [0.5, 0.6) is 0 Å². The number of aliphatic imine (C=N–C) groups is 1. The fourth-order valence-corrected chi connectivity index (χ4v) is 4.59. The predicted molar refractivity (Wildman–Crippen MR) is 140 cm³/mol. The van der Waals surface area contributed by atoms with Gasteiger partial charge in [-0.15, -0.1) is 48.6 Å². The molecule has 0 fully saturated rings. The lowest BCUT2D eigenvalue weighted by atomic mass is 10.0. The molecule has 0 aliphatic rings. The zero-order valence-electron chi connectivity index (χ0n) is 18.1. The standard InChI is InChI=1S/C18H29N7OS2.3ClH/c1-11(8-25(3)4)7-14-12(2)21-15(23-16(14)26)5-6-27-9-13-10-28-18(22-13)24-17(19)20;;;/h10-11H,5-9H2,1-4H3,(H,21,23,26)(H4,19,20,22,24);3*1H. The molecule has 0 spiro atoms. The Morgan fingerprint density at radius 2 is 1.97 bits per heavy atom. The highest BCUT2D eigenvalue weighted by Crippen LogP contribution is 2.22. The number of aryl methyl sites for hydroxylation is 2. The summed E-state index contributed by atoms with van der Waals surface area (Å²) in [5.41, 5.74) is 13.3. The predicted octanol–water partition coefficient (Wildman–Crippen LogP) is 2.92. The first-order valence-corrected chi connectivity index (χ1v) is 11.1. The van der Waals surface area contributed by atoms with Crippen LogP contribution in [-0.2, 0) is 18.6 Å². The van der Waals surface area contributed by atoms with Crippen LogP contribution in [0.3, 0.4) is 0 Å². The molecule has 0 saturated heterocycles. The van der Waals surface area contributed by atoms with Gasteiger partial charge in [-0.3, -0.25) is 4.79 Å². The Bertz CT molecular complexity index is 870. The van der Waals surface area contributed by atoms with Gasteiger partial charge in [-0.2, -0.15) is 21.7 Å². The Morgan fingerprint density at radius 1 is 1.29 bits per heavy atom. The average Bonchev–Trinajstić information content (AvgIpc) is 3.01. The Labute approximate surface area is 210 Å². The van der Waals surface area contributed by atoms with Crippen LogP contribution in [0.4, 0.5) is 5.13 Å². The fraction of sp³-hybridized carbons (Fsp3) is 0.556. The molecule has 31 heavy (non-hydrogen) atoms. The summed E-state index contributed by atoms with van der Waals surface area (Å²) in [4.78, 5) is 30.4. The number of aromatic amines is 1. The van der Waals surface area contributed by atoms with E-state index in [9.17, 15) is 4.79 Å². The quantitative estimate of drug-likeness (QED) is 0.244. The van der Waals surface area contributed by atoms with E-state index >= 15 is 0 Å². The maximum atomic E-state index is 12.4. The topological polar surface area (TPSA) is 126 Å². The summed E-state index contributed by atoms with van der Waals surface area (Å²) in [6.45, 7) is 5.05. The largest absolute Gasteiger partial charge is 0.370 e. The Balaban J connectivity index is 0. The number of guanidine groups is 1. The van der Waals surface area contributed by atoms with Crippen LogP contribution in [0.2, 0.25) is 0 Å². The average molecular weight is 533 g/mol. The first-order valence-electron chi connectivity index (χ1n) is 9.09. The van der Waals surface area contributed by atoms with E-state index in [1.54, 1.807) is 11.8 Å². The van der Waals surface area contributed by atoms with Gasteiger partial charge < -0.3 is 21.4 Å². The number of hydrogen-bond donors (Lipinski definition) is 3. The molecule has 1 atom stereocenters. The maximum Gasteiger partial charge on any atom is 0.276 e. The van der Waals surface area contributed by atoms with Crippen LogP contribution in [0.1, 0.15) is 29.7 Å². The summed E-state index contributed by atoms with van der Waals surface area (Å²) in [6.07, 6.45) is 1.45. The molecule has 0 aliphatic heterocycles. The molecule has 0 saturated carbocycles. The van der Waals surface area contributed by atoms with E-state index in [4.69, 9.17) is 11.5 Å². The second-order valence-corrected chi connectivity index (χ2v) is 9.07. The van der Waals surface area contributed by atoms with E-state index < -0.39 is 0 Å². The Hall–Kier alpha value is -1.04. The highest BCUT2D eigenvalue weighted by atomic mass is 35.5. The van der Waals surface area contributed by atoms with Crippen molar-refractivity contribution in [3.05, 3.63) is 38.5 Å². The molecule has 178 valence electrons. The van der Waals surface area contributed by atoms with Crippen molar-refractivity contribution in [2.45, 2.75) is 32.4 Å². The minimum Gasteiger partial charge on any atom is -0.370 e. The van der Waals surface area contributed by atoms with Gasteiger partial charge in [-0.1, -0.05) is 6.92 Å². The smallest absolute Gasteiger partial charge is 0.276 e. The third-order valence-electron chi connectivity index (χ3n) is 4.01. The SMILES string of the molecule is Cc1[nH]c(CCSCc2csc(N=C(N)N)n2)nc(=O)c1CC(C)CN(C)C.Cl.Cl.Cl. The maximum absolute atomic E-state index is 12.4. The number of halogens is 3. The van der Waals surface area contributed by atoms with E-state index in [0.29, 0.717) is 17.5 Å². The molecule has 2 aromatic rings. The summed E-state index contributed by atoms with van der Waals surface area (Å²) in [6, 6.07) is 0. The fourth-order valence-electron chi connectivity index (χ4n) is 2.94. The zero-order chi connectivity index (χ0) is 20.7. The molecule has 5 N–H and O–H groups in total. The molecular weight excluding hydrogens is 501 g/mol. The van der Waals surface area contributed by atoms with Crippen molar-refractivity contribution in [3.63, 3.8) is 0 Å². The van der Waals surface area contributed by atoms with Crippen molar-refractivity contribution < 1.29 is 0 Å². The van der Waals surface area contributed by atoms with Gasteiger partial charge in [0.2, 0.25) is 5.13 Å². The number of rotatable bonds is 10. The number of H-pyrrole nitrogens is 1. The first-order chi connectivity index (χ1) is 13.2. The lowest BCUT2D eigenvalue weighted by Crippen LogP contribution is -2.26. The third kappa shape index (κ3) is 11.4. The summed E-state index contributed by atoms with van der Waals surface area (Å²) >= 11 is 3.14. The van der Waals surface area contributed by atoms with E-state index in [-0.39, 0.29) is 48.7 Å². The van der Waals surface area contributed by atoms with Gasteiger partial charge in [0.25, 0.3) is 5.56 Å². The number of nitrogens with one attached hydrogen (secondary N) is 1. The van der Waals surface area contributed by atoms with Crippen LogP contribution < -0.4 is 17.0 Å².